The molecule has 9 nitrogen and oxygen atoms in total. The highest BCUT2D eigenvalue weighted by molar-refractivity contribution is 7.26. The highest BCUT2D eigenvalue weighted by Gasteiger charge is 2.21. The fraction of sp³-hybridized carbons (Fsp3) is 0. The molecule has 0 aliphatic heterocycles. The lowest BCUT2D eigenvalue weighted by molar-refractivity contribution is 0.667. The van der Waals surface area contributed by atoms with E-state index in [-0.39, 0.29) is 0 Å². The largest absolute Gasteiger partial charge is 0.453 e. The van der Waals surface area contributed by atoms with E-state index in [2.05, 4.69) is 36.0 Å². The molecule has 0 fully saturated rings. The van der Waals surface area contributed by atoms with Crippen LogP contribution in [0.5, 0.6) is 0 Å². The van der Waals surface area contributed by atoms with Gasteiger partial charge < -0.3 is 4.42 Å². The zero-order valence-electron chi connectivity index (χ0n) is 20.0. The van der Waals surface area contributed by atoms with Gasteiger partial charge in [0.2, 0.25) is 0 Å². The van der Waals surface area contributed by atoms with Gasteiger partial charge in [0, 0.05) is 74.6 Å². The molecule has 0 aliphatic carbocycles. The van der Waals surface area contributed by atoms with Crippen LogP contribution in [0, 0.1) is 0 Å². The second kappa shape index (κ2) is 7.59. The molecule has 0 amide bonds. The van der Waals surface area contributed by atoms with Crippen LogP contribution in [0.4, 0.5) is 0 Å². The molecule has 0 N–H and O–H groups in total. The van der Waals surface area contributed by atoms with E-state index in [0.717, 1.165) is 58.9 Å². The Morgan fingerprint density at radius 3 is 2.54 bits per heavy atom. The van der Waals surface area contributed by atoms with Crippen LogP contribution in [-0.2, 0) is 0 Å². The molecule has 0 aliphatic rings. The zero-order valence-corrected chi connectivity index (χ0v) is 20.8. The average molecular weight is 523 g/mol. The maximum absolute atomic E-state index is 5.96. The molecule has 9 heterocycles. The molecular formula is C29H14N8OS. The summed E-state index contributed by atoms with van der Waals surface area (Å²) in [6.45, 7) is 0. The van der Waals surface area contributed by atoms with E-state index in [0.29, 0.717) is 22.5 Å². The number of hydrogen-bond donors (Lipinski definition) is 0. The smallest absolute Gasteiger partial charge is 0.155 e. The van der Waals surface area contributed by atoms with Gasteiger partial charge in [-0.15, -0.1) is 11.3 Å². The molecule has 0 aromatic carbocycles. The third-order valence-electron chi connectivity index (χ3n) is 7.07. The van der Waals surface area contributed by atoms with Gasteiger partial charge in [0.1, 0.15) is 33.7 Å². The second-order valence-corrected chi connectivity index (χ2v) is 10.2. The van der Waals surface area contributed by atoms with Crippen molar-refractivity contribution in [2.45, 2.75) is 0 Å². The highest BCUT2D eigenvalue weighted by atomic mass is 32.1. The lowest BCUT2D eigenvalue weighted by atomic mass is 10.0. The van der Waals surface area contributed by atoms with E-state index in [1.54, 1.807) is 23.9 Å². The molecule has 39 heavy (non-hydrogen) atoms. The van der Waals surface area contributed by atoms with Crippen molar-refractivity contribution < 1.29 is 4.42 Å². The van der Waals surface area contributed by atoms with Gasteiger partial charge in [-0.25, -0.2) is 19.9 Å². The summed E-state index contributed by atoms with van der Waals surface area (Å²) in [6, 6.07) is 11.6. The van der Waals surface area contributed by atoms with Crippen molar-refractivity contribution in [3.8, 4) is 16.9 Å². The number of nitrogens with zero attached hydrogens (tertiary/aromatic N) is 8. The Labute approximate surface area is 222 Å². The minimum absolute atomic E-state index is 0.679. The summed E-state index contributed by atoms with van der Waals surface area (Å²) in [5.74, 6) is 0.691. The fourth-order valence-electron chi connectivity index (χ4n) is 5.43. The molecule has 9 aromatic rings. The first-order valence-corrected chi connectivity index (χ1v) is 13.0. The molecule has 182 valence electrons. The predicted molar refractivity (Wildman–Crippen MR) is 151 cm³/mol. The highest BCUT2D eigenvalue weighted by Crippen LogP contribution is 2.42. The number of thiophene rings is 1. The van der Waals surface area contributed by atoms with Crippen LogP contribution in [0.3, 0.4) is 0 Å². The fourth-order valence-corrected chi connectivity index (χ4v) is 6.57. The summed E-state index contributed by atoms with van der Waals surface area (Å²) in [7, 11) is 0. The average Bonchev–Trinajstić information content (AvgIpc) is 3.66. The monoisotopic (exact) mass is 522 g/mol. The van der Waals surface area contributed by atoms with Crippen molar-refractivity contribution in [1.82, 2.24) is 39.5 Å². The minimum Gasteiger partial charge on any atom is -0.453 e. The normalized spacial score (nSPS) is 12.1. The number of aromatic nitrogens is 8. The van der Waals surface area contributed by atoms with E-state index >= 15 is 0 Å². The molecular weight excluding hydrogens is 508 g/mol. The lowest BCUT2D eigenvalue weighted by Gasteiger charge is -2.07. The van der Waals surface area contributed by atoms with Crippen LogP contribution in [0.1, 0.15) is 0 Å². The van der Waals surface area contributed by atoms with Crippen molar-refractivity contribution in [1.29, 1.82) is 0 Å². The second-order valence-electron chi connectivity index (χ2n) is 9.17. The Hall–Kier alpha value is -5.35. The molecule has 0 unspecified atom stereocenters. The maximum Gasteiger partial charge on any atom is 0.155 e. The summed E-state index contributed by atoms with van der Waals surface area (Å²) in [5.41, 5.74) is 6.34. The van der Waals surface area contributed by atoms with Crippen molar-refractivity contribution in [3.05, 3.63) is 86.1 Å². The van der Waals surface area contributed by atoms with Crippen LogP contribution in [0.15, 0.2) is 90.5 Å². The Morgan fingerprint density at radius 1 is 0.692 bits per heavy atom. The van der Waals surface area contributed by atoms with Gasteiger partial charge in [-0.05, 0) is 36.4 Å². The first-order valence-electron chi connectivity index (χ1n) is 12.2. The number of hydrogen-bond acceptors (Lipinski definition) is 9. The molecule has 0 saturated carbocycles. The van der Waals surface area contributed by atoms with Crippen molar-refractivity contribution in [2.75, 3.05) is 0 Å². The van der Waals surface area contributed by atoms with Crippen LogP contribution < -0.4 is 0 Å². The molecule has 0 saturated heterocycles. The molecule has 10 heteroatoms. The van der Waals surface area contributed by atoms with E-state index in [1.807, 2.05) is 72.1 Å². The first kappa shape index (κ1) is 20.7. The number of fused-ring (bicyclic) bond motifs is 9. The Balaban J connectivity index is 1.38. The molecule has 9 rings (SSSR count). The predicted octanol–water partition coefficient (Wildman–Crippen LogP) is 6.48. The third kappa shape index (κ3) is 2.80. The molecule has 0 radical (unpaired) electrons. The topological polar surface area (TPSA) is 108 Å². The number of furan rings is 1. The van der Waals surface area contributed by atoms with Gasteiger partial charge in [0.15, 0.2) is 11.2 Å². The first-order chi connectivity index (χ1) is 19.3. The van der Waals surface area contributed by atoms with E-state index in [1.165, 1.54) is 0 Å². The summed E-state index contributed by atoms with van der Waals surface area (Å²) in [6.07, 6.45) is 14.5. The van der Waals surface area contributed by atoms with Gasteiger partial charge in [-0.2, -0.15) is 0 Å². The van der Waals surface area contributed by atoms with Gasteiger partial charge in [0.25, 0.3) is 0 Å². The minimum atomic E-state index is 0.679. The van der Waals surface area contributed by atoms with E-state index < -0.39 is 0 Å². The summed E-state index contributed by atoms with van der Waals surface area (Å²) < 4.78 is 9.09. The van der Waals surface area contributed by atoms with Crippen molar-refractivity contribution in [2.24, 2.45) is 0 Å². The third-order valence-corrected chi connectivity index (χ3v) is 8.24. The van der Waals surface area contributed by atoms with E-state index in [4.69, 9.17) is 9.40 Å². The molecule has 0 spiro atoms. The summed E-state index contributed by atoms with van der Waals surface area (Å²) in [4.78, 5) is 33.4. The number of rotatable bonds is 2. The summed E-state index contributed by atoms with van der Waals surface area (Å²) in [5, 5.41) is 4.05. The molecule has 9 aromatic heterocycles. The number of pyridine rings is 5. The maximum atomic E-state index is 5.96. The standard InChI is InChI=1S/C29H14N8OS/c1-3-15-17-10-30-11-18(27(17)39-29(15)34-8-1)16-9-31-13-20-24(16)19-12-32-14-35-28(19)37(20)23-6-5-22-26(36-23)25-21(38-22)4-2-7-33-25/h1-14H. The van der Waals surface area contributed by atoms with Crippen molar-refractivity contribution >= 4 is 75.8 Å². The van der Waals surface area contributed by atoms with Gasteiger partial charge in [0.05, 0.1) is 11.7 Å². The van der Waals surface area contributed by atoms with Crippen LogP contribution >= 0.6 is 11.3 Å². The molecule has 0 atom stereocenters. The lowest BCUT2D eigenvalue weighted by Crippen LogP contribution is -1.99. The zero-order chi connectivity index (χ0) is 25.5. The summed E-state index contributed by atoms with van der Waals surface area (Å²) >= 11 is 1.66. The van der Waals surface area contributed by atoms with E-state index in [9.17, 15) is 0 Å². The Morgan fingerprint density at radius 2 is 1.54 bits per heavy atom. The Kier molecular flexibility index (Phi) is 4.02. The SMILES string of the molecule is c1cnc2c(c1)oc1ccc(-n3c4cncc(-c5cncc6c5sc5ncccc56)c4c4cncnc43)nc12. The van der Waals surface area contributed by atoms with Gasteiger partial charge >= 0.3 is 0 Å². The molecule has 0 bridgehead atoms. The van der Waals surface area contributed by atoms with Gasteiger partial charge in [-0.3, -0.25) is 19.5 Å². The van der Waals surface area contributed by atoms with Crippen LogP contribution in [0.2, 0.25) is 0 Å². The quantitative estimate of drug-likeness (QED) is 0.254. The van der Waals surface area contributed by atoms with Crippen molar-refractivity contribution in [3.63, 3.8) is 0 Å². The Bertz CT molecular complexity index is 2420. The van der Waals surface area contributed by atoms with Crippen LogP contribution in [-0.4, -0.2) is 39.5 Å². The van der Waals surface area contributed by atoms with Gasteiger partial charge in [-0.1, -0.05) is 0 Å². The van der Waals surface area contributed by atoms with Crippen LogP contribution in [0.25, 0.3) is 81.4 Å².